The number of carbonyl (C=O) groups is 1. The summed E-state index contributed by atoms with van der Waals surface area (Å²) in [6.07, 6.45) is 6.60. The first-order chi connectivity index (χ1) is 17.2. The van der Waals surface area contributed by atoms with Crippen LogP contribution in [0.2, 0.25) is 0 Å². The number of hydrogen-bond acceptors (Lipinski definition) is 2. The zero-order valence-corrected chi connectivity index (χ0v) is 20.8. The highest BCUT2D eigenvalue weighted by Gasteiger charge is 2.39. The van der Waals surface area contributed by atoms with Crippen LogP contribution in [0.25, 0.3) is 0 Å². The van der Waals surface area contributed by atoms with Gasteiger partial charge in [-0.25, -0.2) is 0 Å². The van der Waals surface area contributed by atoms with Crippen LogP contribution in [0.15, 0.2) is 91.0 Å². The van der Waals surface area contributed by atoms with Gasteiger partial charge >= 0.3 is 0 Å². The molecule has 35 heavy (non-hydrogen) atoms. The Morgan fingerprint density at radius 2 is 1.20 bits per heavy atom. The zero-order chi connectivity index (χ0) is 23.9. The summed E-state index contributed by atoms with van der Waals surface area (Å²) in [7, 11) is 0. The van der Waals surface area contributed by atoms with E-state index in [-0.39, 0.29) is 17.2 Å². The highest BCUT2D eigenvalue weighted by molar-refractivity contribution is 5.78. The molecule has 5 rings (SSSR count). The van der Waals surface area contributed by atoms with Crippen LogP contribution in [0.4, 0.5) is 0 Å². The van der Waals surface area contributed by atoms with Crippen molar-refractivity contribution in [2.45, 2.75) is 49.9 Å². The SMILES string of the molecule is O=C(CC(c1ccccc1)c1ccccc1)N1CCC(CN2CCCCC2)(c2ccccc2)CC1. The van der Waals surface area contributed by atoms with Crippen LogP contribution in [0.5, 0.6) is 0 Å². The van der Waals surface area contributed by atoms with Crippen LogP contribution in [-0.4, -0.2) is 48.4 Å². The van der Waals surface area contributed by atoms with Gasteiger partial charge in [0.05, 0.1) is 0 Å². The van der Waals surface area contributed by atoms with Crippen molar-refractivity contribution in [1.82, 2.24) is 9.80 Å². The van der Waals surface area contributed by atoms with E-state index in [1.807, 2.05) is 12.1 Å². The number of nitrogens with zero attached hydrogens (tertiary/aromatic N) is 2. The van der Waals surface area contributed by atoms with Gasteiger partial charge in [0.25, 0.3) is 0 Å². The fourth-order valence-corrected chi connectivity index (χ4v) is 6.16. The van der Waals surface area contributed by atoms with Crippen LogP contribution in [-0.2, 0) is 10.2 Å². The van der Waals surface area contributed by atoms with Gasteiger partial charge in [0.1, 0.15) is 0 Å². The quantitative estimate of drug-likeness (QED) is 0.411. The Morgan fingerprint density at radius 3 is 1.74 bits per heavy atom. The maximum atomic E-state index is 13.6. The van der Waals surface area contributed by atoms with Gasteiger partial charge in [0.15, 0.2) is 0 Å². The fourth-order valence-electron chi connectivity index (χ4n) is 6.16. The summed E-state index contributed by atoms with van der Waals surface area (Å²) in [6.45, 7) is 5.24. The lowest BCUT2D eigenvalue weighted by Crippen LogP contribution is -2.51. The maximum absolute atomic E-state index is 13.6. The second-order valence-corrected chi connectivity index (χ2v) is 10.4. The summed E-state index contributed by atoms with van der Waals surface area (Å²) in [5.41, 5.74) is 4.03. The Bertz CT molecular complexity index is 1010. The molecule has 0 spiro atoms. The lowest BCUT2D eigenvalue weighted by Gasteiger charge is -2.46. The van der Waals surface area contributed by atoms with Crippen molar-refractivity contribution >= 4 is 5.91 Å². The lowest BCUT2D eigenvalue weighted by atomic mass is 9.72. The average molecular weight is 467 g/mol. The lowest BCUT2D eigenvalue weighted by molar-refractivity contribution is -0.133. The smallest absolute Gasteiger partial charge is 0.223 e. The molecule has 2 aliphatic rings. The van der Waals surface area contributed by atoms with Gasteiger partial charge in [-0.3, -0.25) is 4.79 Å². The second kappa shape index (κ2) is 11.2. The van der Waals surface area contributed by atoms with Gasteiger partial charge in [-0.05, 0) is 55.5 Å². The summed E-state index contributed by atoms with van der Waals surface area (Å²) in [5.74, 6) is 0.376. The number of rotatable bonds is 7. The van der Waals surface area contributed by atoms with E-state index in [2.05, 4.69) is 88.7 Å². The van der Waals surface area contributed by atoms with E-state index >= 15 is 0 Å². The molecule has 0 bridgehead atoms. The normalized spacial score (nSPS) is 18.5. The maximum Gasteiger partial charge on any atom is 0.223 e. The predicted octanol–water partition coefficient (Wildman–Crippen LogP) is 6.25. The zero-order valence-electron chi connectivity index (χ0n) is 20.8. The fraction of sp³-hybridized carbons (Fsp3) is 0.406. The van der Waals surface area contributed by atoms with Crippen LogP contribution < -0.4 is 0 Å². The molecule has 2 heterocycles. The minimum Gasteiger partial charge on any atom is -0.343 e. The number of piperidine rings is 2. The molecule has 0 unspecified atom stereocenters. The van der Waals surface area contributed by atoms with Crippen LogP contribution in [0, 0.1) is 0 Å². The average Bonchev–Trinajstić information content (AvgIpc) is 2.94. The molecule has 3 heteroatoms. The molecule has 2 saturated heterocycles. The van der Waals surface area contributed by atoms with E-state index in [0.717, 1.165) is 32.5 Å². The molecule has 0 aromatic heterocycles. The third-order valence-electron chi connectivity index (χ3n) is 8.22. The van der Waals surface area contributed by atoms with Crippen LogP contribution >= 0.6 is 0 Å². The standard InChI is InChI=1S/C32H38N2O/c35-31(25-30(27-13-5-1-6-14-27)28-15-7-2-8-16-28)34-23-19-32(20-24-34,29-17-9-3-10-18-29)26-33-21-11-4-12-22-33/h1-3,5-10,13-18,30H,4,11-12,19-26H2. The van der Waals surface area contributed by atoms with Crippen molar-refractivity contribution in [2.24, 2.45) is 0 Å². The molecule has 3 aromatic rings. The Morgan fingerprint density at radius 1 is 0.686 bits per heavy atom. The van der Waals surface area contributed by atoms with E-state index in [1.54, 1.807) is 0 Å². The first kappa shape index (κ1) is 23.8. The minimum absolute atomic E-state index is 0.0963. The first-order valence-electron chi connectivity index (χ1n) is 13.4. The highest BCUT2D eigenvalue weighted by atomic mass is 16.2. The van der Waals surface area contributed by atoms with Gasteiger partial charge in [-0.1, -0.05) is 97.4 Å². The van der Waals surface area contributed by atoms with E-state index < -0.39 is 0 Å². The largest absolute Gasteiger partial charge is 0.343 e. The molecule has 182 valence electrons. The number of likely N-dealkylation sites (tertiary alicyclic amines) is 2. The Kier molecular flexibility index (Phi) is 7.63. The summed E-state index contributed by atoms with van der Waals surface area (Å²) in [4.78, 5) is 18.4. The van der Waals surface area contributed by atoms with Crippen LogP contribution in [0.1, 0.15) is 61.1 Å². The van der Waals surface area contributed by atoms with Gasteiger partial charge in [0.2, 0.25) is 5.91 Å². The molecule has 0 N–H and O–H groups in total. The summed E-state index contributed by atoms with van der Waals surface area (Å²) >= 11 is 0. The summed E-state index contributed by atoms with van der Waals surface area (Å²) in [6, 6.07) is 32.1. The predicted molar refractivity (Wildman–Crippen MR) is 144 cm³/mol. The molecule has 1 amide bonds. The van der Waals surface area contributed by atoms with Crippen molar-refractivity contribution in [3.05, 3.63) is 108 Å². The Labute approximate surface area is 210 Å². The molecule has 0 radical (unpaired) electrons. The minimum atomic E-state index is 0.0963. The topological polar surface area (TPSA) is 23.6 Å². The van der Waals surface area contributed by atoms with E-state index in [9.17, 15) is 4.79 Å². The molecule has 3 aromatic carbocycles. The van der Waals surface area contributed by atoms with E-state index in [0.29, 0.717) is 6.42 Å². The number of hydrogen-bond donors (Lipinski definition) is 0. The monoisotopic (exact) mass is 466 g/mol. The molecule has 2 fully saturated rings. The molecule has 3 nitrogen and oxygen atoms in total. The molecule has 2 aliphatic heterocycles. The van der Waals surface area contributed by atoms with Crippen molar-refractivity contribution in [3.63, 3.8) is 0 Å². The van der Waals surface area contributed by atoms with Gasteiger partial charge < -0.3 is 9.80 Å². The van der Waals surface area contributed by atoms with Gasteiger partial charge in [-0.2, -0.15) is 0 Å². The molecule has 0 aliphatic carbocycles. The highest BCUT2D eigenvalue weighted by Crippen LogP contribution is 2.38. The van der Waals surface area contributed by atoms with E-state index in [1.165, 1.54) is 49.0 Å². The molecular formula is C32H38N2O. The summed E-state index contributed by atoms with van der Waals surface area (Å²) < 4.78 is 0. The van der Waals surface area contributed by atoms with Crippen molar-refractivity contribution in [3.8, 4) is 0 Å². The molecule has 0 atom stereocenters. The van der Waals surface area contributed by atoms with Gasteiger partial charge in [-0.15, -0.1) is 0 Å². The Balaban J connectivity index is 1.30. The second-order valence-electron chi connectivity index (χ2n) is 10.4. The van der Waals surface area contributed by atoms with E-state index in [4.69, 9.17) is 0 Å². The number of amides is 1. The van der Waals surface area contributed by atoms with Crippen molar-refractivity contribution in [1.29, 1.82) is 0 Å². The van der Waals surface area contributed by atoms with Gasteiger partial charge in [0, 0.05) is 37.4 Å². The molecule has 0 saturated carbocycles. The van der Waals surface area contributed by atoms with Crippen LogP contribution in [0.3, 0.4) is 0 Å². The third kappa shape index (κ3) is 5.67. The number of carbonyl (C=O) groups excluding carboxylic acids is 1. The van der Waals surface area contributed by atoms with Crippen molar-refractivity contribution < 1.29 is 4.79 Å². The summed E-state index contributed by atoms with van der Waals surface area (Å²) in [5, 5.41) is 0. The number of benzene rings is 3. The molecular weight excluding hydrogens is 428 g/mol. The first-order valence-corrected chi connectivity index (χ1v) is 13.4. The van der Waals surface area contributed by atoms with Crippen molar-refractivity contribution in [2.75, 3.05) is 32.7 Å². The third-order valence-corrected chi connectivity index (χ3v) is 8.22. The Hall–Kier alpha value is -2.91.